The number of carbonyl (C=O) groups excluding carboxylic acids is 1. The van der Waals surface area contributed by atoms with Crippen LogP contribution in [0.2, 0.25) is 0 Å². The van der Waals surface area contributed by atoms with E-state index in [4.69, 9.17) is 0 Å². The van der Waals surface area contributed by atoms with Gasteiger partial charge in [0.1, 0.15) is 0 Å². The predicted octanol–water partition coefficient (Wildman–Crippen LogP) is 1.52. The molecule has 1 amide bonds. The van der Waals surface area contributed by atoms with Gasteiger partial charge in [-0.25, -0.2) is 4.68 Å². The average molecular weight is 272 g/mol. The standard InChI is InChI=1S/C15H20N4O/c1-11(16-3)9-17-15(20)14-10-18-19(12(14)2)13-7-5-4-6-8-13/h4-8,10-11,16H,9H2,1-3H3,(H,17,20). The van der Waals surface area contributed by atoms with E-state index in [1.807, 2.05) is 51.2 Å². The summed E-state index contributed by atoms with van der Waals surface area (Å²) in [6, 6.07) is 10.0. The summed E-state index contributed by atoms with van der Waals surface area (Å²) < 4.78 is 1.77. The molecule has 1 aromatic heterocycles. The molecular formula is C15H20N4O. The smallest absolute Gasteiger partial charge is 0.254 e. The topological polar surface area (TPSA) is 58.9 Å². The van der Waals surface area contributed by atoms with Crippen molar-refractivity contribution in [3.8, 4) is 5.69 Å². The van der Waals surface area contributed by atoms with Crippen molar-refractivity contribution in [2.45, 2.75) is 19.9 Å². The highest BCUT2D eigenvalue weighted by atomic mass is 16.1. The second kappa shape index (κ2) is 6.34. The zero-order chi connectivity index (χ0) is 14.5. The second-order valence-electron chi connectivity index (χ2n) is 4.79. The minimum absolute atomic E-state index is 0.0909. The lowest BCUT2D eigenvalue weighted by atomic mass is 10.2. The summed E-state index contributed by atoms with van der Waals surface area (Å²) in [5.41, 5.74) is 2.40. The molecule has 0 fully saturated rings. The lowest BCUT2D eigenvalue weighted by Gasteiger charge is -2.11. The molecule has 0 aliphatic rings. The van der Waals surface area contributed by atoms with Gasteiger partial charge < -0.3 is 10.6 Å². The molecule has 1 aromatic carbocycles. The van der Waals surface area contributed by atoms with Crippen LogP contribution in [0.25, 0.3) is 5.69 Å². The van der Waals surface area contributed by atoms with Gasteiger partial charge in [0.05, 0.1) is 23.1 Å². The molecule has 0 radical (unpaired) electrons. The van der Waals surface area contributed by atoms with Gasteiger partial charge in [0, 0.05) is 12.6 Å². The summed E-state index contributed by atoms with van der Waals surface area (Å²) in [6.07, 6.45) is 1.61. The van der Waals surface area contributed by atoms with Crippen LogP contribution in [0, 0.1) is 6.92 Å². The van der Waals surface area contributed by atoms with E-state index in [0.29, 0.717) is 12.1 Å². The van der Waals surface area contributed by atoms with E-state index < -0.39 is 0 Å². The highest BCUT2D eigenvalue weighted by molar-refractivity contribution is 5.95. The van der Waals surface area contributed by atoms with Crippen LogP contribution < -0.4 is 10.6 Å². The first kappa shape index (κ1) is 14.3. The van der Waals surface area contributed by atoms with Crippen molar-refractivity contribution in [2.24, 2.45) is 0 Å². The van der Waals surface area contributed by atoms with E-state index >= 15 is 0 Å². The monoisotopic (exact) mass is 272 g/mol. The molecule has 2 rings (SSSR count). The van der Waals surface area contributed by atoms with E-state index in [2.05, 4.69) is 15.7 Å². The maximum atomic E-state index is 12.1. The van der Waals surface area contributed by atoms with Crippen molar-refractivity contribution in [2.75, 3.05) is 13.6 Å². The Morgan fingerprint density at radius 2 is 2.05 bits per heavy atom. The number of likely N-dealkylation sites (N-methyl/N-ethyl adjacent to an activating group) is 1. The van der Waals surface area contributed by atoms with E-state index in [-0.39, 0.29) is 11.9 Å². The first-order valence-electron chi connectivity index (χ1n) is 6.69. The third-order valence-corrected chi connectivity index (χ3v) is 3.32. The van der Waals surface area contributed by atoms with Gasteiger partial charge in [0.2, 0.25) is 0 Å². The number of amides is 1. The molecule has 1 atom stereocenters. The van der Waals surface area contributed by atoms with Crippen LogP contribution in [0.1, 0.15) is 23.0 Å². The Labute approximate surface area is 119 Å². The van der Waals surface area contributed by atoms with E-state index in [0.717, 1.165) is 11.4 Å². The van der Waals surface area contributed by atoms with E-state index in [1.54, 1.807) is 10.9 Å². The molecule has 2 aromatic rings. The molecule has 20 heavy (non-hydrogen) atoms. The first-order chi connectivity index (χ1) is 9.63. The number of hydrogen-bond donors (Lipinski definition) is 2. The third-order valence-electron chi connectivity index (χ3n) is 3.32. The maximum Gasteiger partial charge on any atom is 0.254 e. The molecule has 0 bridgehead atoms. The molecule has 0 aliphatic carbocycles. The molecule has 0 saturated carbocycles. The summed E-state index contributed by atoms with van der Waals surface area (Å²) in [5, 5.41) is 10.3. The van der Waals surface area contributed by atoms with Gasteiger partial charge in [-0.2, -0.15) is 5.10 Å². The highest BCUT2D eigenvalue weighted by Gasteiger charge is 2.15. The number of carbonyl (C=O) groups is 1. The van der Waals surface area contributed by atoms with E-state index in [9.17, 15) is 4.79 Å². The number of rotatable bonds is 5. The van der Waals surface area contributed by atoms with Crippen molar-refractivity contribution >= 4 is 5.91 Å². The zero-order valence-corrected chi connectivity index (χ0v) is 12.1. The molecule has 0 aliphatic heterocycles. The Bertz CT molecular complexity index is 577. The summed E-state index contributed by atoms with van der Waals surface area (Å²) in [4.78, 5) is 12.1. The molecule has 0 spiro atoms. The number of benzene rings is 1. The number of hydrogen-bond acceptors (Lipinski definition) is 3. The number of aromatic nitrogens is 2. The van der Waals surface area contributed by atoms with E-state index in [1.165, 1.54) is 0 Å². The molecule has 2 N–H and O–H groups in total. The summed E-state index contributed by atoms with van der Waals surface area (Å²) in [5.74, 6) is -0.0909. The SMILES string of the molecule is CNC(C)CNC(=O)c1cnn(-c2ccccc2)c1C. The Morgan fingerprint density at radius 1 is 1.35 bits per heavy atom. The molecule has 5 heteroatoms. The van der Waals surface area contributed by atoms with Crippen molar-refractivity contribution < 1.29 is 4.79 Å². The van der Waals surface area contributed by atoms with Gasteiger partial charge in [-0.1, -0.05) is 18.2 Å². The van der Waals surface area contributed by atoms with Gasteiger partial charge in [0.15, 0.2) is 0 Å². The van der Waals surface area contributed by atoms with Crippen LogP contribution in [-0.4, -0.2) is 35.3 Å². The number of para-hydroxylation sites is 1. The highest BCUT2D eigenvalue weighted by Crippen LogP contribution is 2.13. The molecule has 1 unspecified atom stereocenters. The van der Waals surface area contributed by atoms with Crippen LogP contribution in [0.3, 0.4) is 0 Å². The zero-order valence-electron chi connectivity index (χ0n) is 12.1. The minimum Gasteiger partial charge on any atom is -0.350 e. The van der Waals surface area contributed by atoms with Crippen LogP contribution >= 0.6 is 0 Å². The largest absolute Gasteiger partial charge is 0.350 e. The summed E-state index contributed by atoms with van der Waals surface area (Å²) >= 11 is 0. The van der Waals surface area contributed by atoms with Gasteiger partial charge >= 0.3 is 0 Å². The van der Waals surface area contributed by atoms with Gasteiger partial charge in [-0.15, -0.1) is 0 Å². The number of nitrogens with one attached hydrogen (secondary N) is 2. The van der Waals surface area contributed by atoms with Crippen LogP contribution in [-0.2, 0) is 0 Å². The van der Waals surface area contributed by atoms with Crippen LogP contribution in [0.15, 0.2) is 36.5 Å². The molecule has 1 heterocycles. The lowest BCUT2D eigenvalue weighted by molar-refractivity contribution is 0.0950. The van der Waals surface area contributed by atoms with Crippen molar-refractivity contribution in [1.82, 2.24) is 20.4 Å². The minimum atomic E-state index is -0.0909. The third kappa shape index (κ3) is 3.05. The fourth-order valence-electron chi connectivity index (χ4n) is 1.91. The molecule has 0 saturated heterocycles. The molecule has 106 valence electrons. The Kier molecular flexibility index (Phi) is 4.53. The van der Waals surface area contributed by atoms with Crippen LogP contribution in [0.5, 0.6) is 0 Å². The van der Waals surface area contributed by atoms with Gasteiger partial charge in [0.25, 0.3) is 5.91 Å². The summed E-state index contributed by atoms with van der Waals surface area (Å²) in [6.45, 7) is 4.50. The Morgan fingerprint density at radius 3 is 2.70 bits per heavy atom. The first-order valence-corrected chi connectivity index (χ1v) is 6.69. The second-order valence-corrected chi connectivity index (χ2v) is 4.79. The van der Waals surface area contributed by atoms with Crippen LogP contribution in [0.4, 0.5) is 0 Å². The van der Waals surface area contributed by atoms with Crippen molar-refractivity contribution in [3.05, 3.63) is 47.8 Å². The van der Waals surface area contributed by atoms with Crippen molar-refractivity contribution in [1.29, 1.82) is 0 Å². The molecular weight excluding hydrogens is 252 g/mol. The fraction of sp³-hybridized carbons (Fsp3) is 0.333. The number of nitrogens with zero attached hydrogens (tertiary/aromatic N) is 2. The van der Waals surface area contributed by atoms with Gasteiger partial charge in [-0.3, -0.25) is 4.79 Å². The quantitative estimate of drug-likeness (QED) is 0.867. The lowest BCUT2D eigenvalue weighted by Crippen LogP contribution is -2.37. The maximum absolute atomic E-state index is 12.1. The Hall–Kier alpha value is -2.14. The van der Waals surface area contributed by atoms with Crippen molar-refractivity contribution in [3.63, 3.8) is 0 Å². The fourth-order valence-corrected chi connectivity index (χ4v) is 1.91. The normalized spacial score (nSPS) is 12.2. The average Bonchev–Trinajstić information content (AvgIpc) is 2.87. The predicted molar refractivity (Wildman–Crippen MR) is 79.2 cm³/mol. The van der Waals surface area contributed by atoms with Gasteiger partial charge in [-0.05, 0) is 33.0 Å². The Balaban J connectivity index is 2.15. The summed E-state index contributed by atoms with van der Waals surface area (Å²) in [7, 11) is 1.87. The molecule has 5 nitrogen and oxygen atoms in total.